The van der Waals surface area contributed by atoms with Gasteiger partial charge in [0.15, 0.2) is 0 Å². The lowest BCUT2D eigenvalue weighted by Crippen LogP contribution is -2.41. The summed E-state index contributed by atoms with van der Waals surface area (Å²) in [5, 5.41) is 4.26. The first-order valence-electron chi connectivity index (χ1n) is 10.7. The van der Waals surface area contributed by atoms with E-state index in [0.717, 1.165) is 31.6 Å². The second-order valence-corrected chi connectivity index (χ2v) is 8.47. The number of ether oxygens (including phenoxy) is 1. The zero-order valence-corrected chi connectivity index (χ0v) is 17.4. The van der Waals surface area contributed by atoms with Gasteiger partial charge >= 0.3 is 5.69 Å². The molecule has 0 spiro atoms. The summed E-state index contributed by atoms with van der Waals surface area (Å²) in [4.78, 5) is 25.8. The lowest BCUT2D eigenvalue weighted by atomic mass is 9.73. The number of hydrogen-bond donors (Lipinski definition) is 1. The summed E-state index contributed by atoms with van der Waals surface area (Å²) in [5.41, 5.74) is 2.90. The average molecular weight is 405 g/mol. The van der Waals surface area contributed by atoms with Crippen LogP contribution in [0.15, 0.2) is 52.1 Å². The van der Waals surface area contributed by atoms with Gasteiger partial charge < -0.3 is 10.1 Å². The number of para-hydroxylation sites is 1. The number of nitrogens with zero attached hydrogens (tertiary/aromatic N) is 2. The second-order valence-electron chi connectivity index (χ2n) is 8.47. The van der Waals surface area contributed by atoms with E-state index in [1.54, 1.807) is 24.8 Å². The van der Waals surface area contributed by atoms with Gasteiger partial charge in [0.25, 0.3) is 5.56 Å². The van der Waals surface area contributed by atoms with Crippen molar-refractivity contribution in [3.8, 4) is 5.75 Å². The number of rotatable bonds is 4. The van der Waals surface area contributed by atoms with Crippen molar-refractivity contribution in [2.45, 2.75) is 37.8 Å². The fourth-order valence-electron chi connectivity index (χ4n) is 5.53. The van der Waals surface area contributed by atoms with E-state index < -0.39 is 0 Å². The molecule has 1 aliphatic carbocycles. The van der Waals surface area contributed by atoms with Crippen molar-refractivity contribution in [3.05, 3.63) is 74.4 Å². The molecule has 1 aliphatic heterocycles. The van der Waals surface area contributed by atoms with Crippen molar-refractivity contribution in [1.29, 1.82) is 0 Å². The Balaban J connectivity index is 1.47. The standard InChI is InChI=1S/C24H27N3O3/c1-26-20-8-4-3-6-18(20)23(28)27(24(26)29)13-12-19-22-15(14-25-19)10-11-16-17(22)7-5-9-21(16)30-2/h3-9,15,19,22,25H,10-14H2,1-2H3. The fourth-order valence-corrected chi connectivity index (χ4v) is 5.53. The lowest BCUT2D eigenvalue weighted by Gasteiger charge is -2.32. The Kier molecular flexibility index (Phi) is 4.74. The molecule has 6 heteroatoms. The van der Waals surface area contributed by atoms with E-state index in [4.69, 9.17) is 4.74 Å². The van der Waals surface area contributed by atoms with Crippen LogP contribution < -0.4 is 21.3 Å². The highest BCUT2D eigenvalue weighted by molar-refractivity contribution is 5.77. The number of fused-ring (bicyclic) bond motifs is 4. The minimum Gasteiger partial charge on any atom is -0.496 e. The van der Waals surface area contributed by atoms with Gasteiger partial charge in [-0.3, -0.25) is 13.9 Å². The quantitative estimate of drug-likeness (QED) is 0.724. The minimum atomic E-state index is -0.251. The van der Waals surface area contributed by atoms with Crippen molar-refractivity contribution in [2.75, 3.05) is 13.7 Å². The van der Waals surface area contributed by atoms with Gasteiger partial charge in [-0.15, -0.1) is 0 Å². The van der Waals surface area contributed by atoms with E-state index in [-0.39, 0.29) is 17.3 Å². The van der Waals surface area contributed by atoms with Gasteiger partial charge in [-0.05, 0) is 61.1 Å². The van der Waals surface area contributed by atoms with Crippen LogP contribution in [-0.2, 0) is 20.0 Å². The molecule has 1 aromatic heterocycles. The molecule has 30 heavy (non-hydrogen) atoms. The first kappa shape index (κ1) is 19.1. The van der Waals surface area contributed by atoms with E-state index in [9.17, 15) is 9.59 Å². The van der Waals surface area contributed by atoms with Crippen molar-refractivity contribution < 1.29 is 4.74 Å². The summed E-state index contributed by atoms with van der Waals surface area (Å²) in [7, 11) is 3.46. The molecule has 2 aliphatic rings. The van der Waals surface area contributed by atoms with Crippen molar-refractivity contribution in [2.24, 2.45) is 13.0 Å². The van der Waals surface area contributed by atoms with E-state index in [1.165, 1.54) is 15.7 Å². The van der Waals surface area contributed by atoms with E-state index in [1.807, 2.05) is 24.3 Å². The van der Waals surface area contributed by atoms with E-state index in [0.29, 0.717) is 29.3 Å². The van der Waals surface area contributed by atoms with Crippen LogP contribution in [0.3, 0.4) is 0 Å². The molecule has 3 unspecified atom stereocenters. The molecule has 156 valence electrons. The average Bonchev–Trinajstić information content (AvgIpc) is 3.20. The van der Waals surface area contributed by atoms with Crippen LogP contribution in [-0.4, -0.2) is 28.8 Å². The molecular formula is C24H27N3O3. The summed E-state index contributed by atoms with van der Waals surface area (Å²) in [6.45, 7) is 1.40. The second kappa shape index (κ2) is 7.43. The Morgan fingerprint density at radius 1 is 1.13 bits per heavy atom. The highest BCUT2D eigenvalue weighted by atomic mass is 16.5. The Labute approximate surface area is 175 Å². The fraction of sp³-hybridized carbons (Fsp3) is 0.417. The van der Waals surface area contributed by atoms with Crippen LogP contribution in [0, 0.1) is 5.92 Å². The molecule has 0 bridgehead atoms. The molecule has 2 heterocycles. The van der Waals surface area contributed by atoms with Gasteiger partial charge in [0, 0.05) is 25.6 Å². The summed E-state index contributed by atoms with van der Waals surface area (Å²) >= 11 is 0. The number of aryl methyl sites for hydroxylation is 1. The van der Waals surface area contributed by atoms with Crippen molar-refractivity contribution in [3.63, 3.8) is 0 Å². The van der Waals surface area contributed by atoms with Gasteiger partial charge in [-0.2, -0.15) is 0 Å². The summed E-state index contributed by atoms with van der Waals surface area (Å²) in [6, 6.07) is 13.9. The number of benzene rings is 2. The lowest BCUT2D eigenvalue weighted by molar-refractivity contribution is 0.370. The molecule has 3 aromatic rings. The molecular weight excluding hydrogens is 378 g/mol. The first-order chi connectivity index (χ1) is 14.6. The van der Waals surface area contributed by atoms with Crippen LogP contribution in [0.2, 0.25) is 0 Å². The summed E-state index contributed by atoms with van der Waals surface area (Å²) < 4.78 is 8.57. The van der Waals surface area contributed by atoms with Crippen LogP contribution in [0.5, 0.6) is 5.75 Å². The third-order valence-corrected chi connectivity index (χ3v) is 7.02. The third-order valence-electron chi connectivity index (χ3n) is 7.02. The van der Waals surface area contributed by atoms with Gasteiger partial charge in [0.1, 0.15) is 5.75 Å². The Morgan fingerprint density at radius 3 is 2.80 bits per heavy atom. The molecule has 1 fully saturated rings. The van der Waals surface area contributed by atoms with Gasteiger partial charge in [-0.25, -0.2) is 4.79 Å². The number of methoxy groups -OCH3 is 1. The van der Waals surface area contributed by atoms with E-state index in [2.05, 4.69) is 17.4 Å². The third kappa shape index (κ3) is 2.89. The molecule has 0 radical (unpaired) electrons. The van der Waals surface area contributed by atoms with E-state index >= 15 is 0 Å². The van der Waals surface area contributed by atoms with Crippen LogP contribution in [0.4, 0.5) is 0 Å². The normalized spacial score (nSPS) is 22.7. The molecule has 2 aromatic carbocycles. The first-order valence-corrected chi connectivity index (χ1v) is 10.7. The molecule has 0 saturated carbocycles. The minimum absolute atomic E-state index is 0.200. The van der Waals surface area contributed by atoms with Crippen molar-refractivity contribution in [1.82, 2.24) is 14.5 Å². The highest BCUT2D eigenvalue weighted by Gasteiger charge is 2.40. The summed E-state index contributed by atoms with van der Waals surface area (Å²) in [6.07, 6.45) is 2.92. The van der Waals surface area contributed by atoms with Gasteiger partial charge in [-0.1, -0.05) is 24.3 Å². The maximum atomic E-state index is 13.0. The Bertz CT molecular complexity index is 1230. The SMILES string of the molecule is COc1cccc2c1CCC1CNC(CCn3c(=O)c4ccccc4n(C)c3=O)C21. The molecule has 3 atom stereocenters. The topological polar surface area (TPSA) is 65.3 Å². The Morgan fingerprint density at radius 2 is 1.97 bits per heavy atom. The Hall–Kier alpha value is -2.86. The zero-order valence-electron chi connectivity index (χ0n) is 17.4. The number of hydrogen-bond acceptors (Lipinski definition) is 4. The number of nitrogens with one attached hydrogen (secondary N) is 1. The summed E-state index contributed by atoms with van der Waals surface area (Å²) in [5.74, 6) is 1.95. The van der Waals surface area contributed by atoms with Crippen LogP contribution in [0.1, 0.15) is 29.9 Å². The van der Waals surface area contributed by atoms with Gasteiger partial charge in [0.2, 0.25) is 0 Å². The van der Waals surface area contributed by atoms with Crippen molar-refractivity contribution >= 4 is 10.9 Å². The monoisotopic (exact) mass is 405 g/mol. The smallest absolute Gasteiger partial charge is 0.331 e. The molecule has 5 rings (SSSR count). The predicted molar refractivity (Wildman–Crippen MR) is 117 cm³/mol. The van der Waals surface area contributed by atoms with Crippen LogP contribution >= 0.6 is 0 Å². The predicted octanol–water partition coefficient (Wildman–Crippen LogP) is 2.42. The largest absolute Gasteiger partial charge is 0.496 e. The zero-order chi connectivity index (χ0) is 20.8. The number of aromatic nitrogens is 2. The molecule has 1 saturated heterocycles. The highest BCUT2D eigenvalue weighted by Crippen LogP contribution is 2.45. The van der Waals surface area contributed by atoms with Gasteiger partial charge in [0.05, 0.1) is 18.0 Å². The molecule has 0 amide bonds. The molecule has 6 nitrogen and oxygen atoms in total. The van der Waals surface area contributed by atoms with Crippen LogP contribution in [0.25, 0.3) is 10.9 Å². The maximum Gasteiger partial charge on any atom is 0.331 e. The molecule has 1 N–H and O–H groups in total. The maximum absolute atomic E-state index is 13.0.